The molecule has 2 heterocycles. The summed E-state index contributed by atoms with van der Waals surface area (Å²) in [6, 6.07) is 7.43. The SMILES string of the molecule is Cc1ccc(C(=O)N2CCCC(C(=O)N3CCCC3(C)C(=O)O)C2)cc1. The zero-order chi connectivity index (χ0) is 18.9. The average molecular weight is 358 g/mol. The Hall–Kier alpha value is -2.37. The van der Waals surface area contributed by atoms with Crippen LogP contribution in [0.1, 0.15) is 48.5 Å². The van der Waals surface area contributed by atoms with Gasteiger partial charge in [-0.15, -0.1) is 0 Å². The quantitative estimate of drug-likeness (QED) is 0.899. The van der Waals surface area contributed by atoms with Gasteiger partial charge in [-0.05, 0) is 51.7 Å². The van der Waals surface area contributed by atoms with Crippen molar-refractivity contribution >= 4 is 17.8 Å². The first-order chi connectivity index (χ1) is 12.3. The van der Waals surface area contributed by atoms with E-state index < -0.39 is 11.5 Å². The van der Waals surface area contributed by atoms with Gasteiger partial charge >= 0.3 is 5.97 Å². The molecule has 1 N–H and O–H groups in total. The van der Waals surface area contributed by atoms with Crippen molar-refractivity contribution in [3.8, 4) is 0 Å². The number of aliphatic carboxylic acids is 1. The zero-order valence-electron chi connectivity index (χ0n) is 15.4. The Bertz CT molecular complexity index is 715. The minimum atomic E-state index is -1.12. The Morgan fingerprint density at radius 2 is 1.81 bits per heavy atom. The lowest BCUT2D eigenvalue weighted by Gasteiger charge is -2.38. The molecule has 3 rings (SSSR count). The smallest absolute Gasteiger partial charge is 0.329 e. The summed E-state index contributed by atoms with van der Waals surface area (Å²) in [5, 5.41) is 9.54. The largest absolute Gasteiger partial charge is 0.480 e. The molecule has 1 aromatic carbocycles. The fraction of sp³-hybridized carbons (Fsp3) is 0.550. The molecule has 26 heavy (non-hydrogen) atoms. The normalized spacial score (nSPS) is 26.0. The van der Waals surface area contributed by atoms with Crippen LogP contribution in [0.5, 0.6) is 0 Å². The van der Waals surface area contributed by atoms with Crippen LogP contribution in [-0.4, -0.2) is 57.9 Å². The number of carboxylic acid groups (broad SMARTS) is 1. The molecule has 0 saturated carbocycles. The third-order valence-corrected chi connectivity index (χ3v) is 5.72. The van der Waals surface area contributed by atoms with E-state index in [4.69, 9.17) is 0 Å². The number of carboxylic acids is 1. The first kappa shape index (κ1) is 18.4. The first-order valence-electron chi connectivity index (χ1n) is 9.24. The Balaban J connectivity index is 1.72. The zero-order valence-corrected chi connectivity index (χ0v) is 15.4. The molecule has 0 aromatic heterocycles. The van der Waals surface area contributed by atoms with Crippen LogP contribution in [0.25, 0.3) is 0 Å². The molecule has 6 heteroatoms. The molecule has 2 saturated heterocycles. The van der Waals surface area contributed by atoms with Crippen molar-refractivity contribution in [2.24, 2.45) is 5.92 Å². The Labute approximate surface area is 153 Å². The van der Waals surface area contributed by atoms with Crippen molar-refractivity contribution in [1.29, 1.82) is 0 Å². The number of carbonyl (C=O) groups excluding carboxylic acids is 2. The molecule has 2 amide bonds. The maximum absolute atomic E-state index is 13.0. The van der Waals surface area contributed by atoms with Crippen LogP contribution in [0.4, 0.5) is 0 Å². The Morgan fingerprint density at radius 3 is 2.46 bits per heavy atom. The molecule has 2 aliphatic heterocycles. The highest BCUT2D eigenvalue weighted by Gasteiger charge is 2.47. The predicted molar refractivity (Wildman–Crippen MR) is 96.8 cm³/mol. The van der Waals surface area contributed by atoms with Gasteiger partial charge in [0.2, 0.25) is 5.91 Å². The molecule has 1 aromatic rings. The summed E-state index contributed by atoms with van der Waals surface area (Å²) in [7, 11) is 0. The number of benzene rings is 1. The highest BCUT2D eigenvalue weighted by atomic mass is 16.4. The highest BCUT2D eigenvalue weighted by Crippen LogP contribution is 2.32. The molecule has 2 atom stereocenters. The van der Waals surface area contributed by atoms with Crippen molar-refractivity contribution in [3.63, 3.8) is 0 Å². The van der Waals surface area contributed by atoms with Crippen LogP contribution >= 0.6 is 0 Å². The van der Waals surface area contributed by atoms with Gasteiger partial charge in [0, 0.05) is 25.2 Å². The van der Waals surface area contributed by atoms with Crippen LogP contribution < -0.4 is 0 Å². The van der Waals surface area contributed by atoms with E-state index in [2.05, 4.69) is 0 Å². The van der Waals surface area contributed by atoms with Crippen LogP contribution in [0.2, 0.25) is 0 Å². The van der Waals surface area contributed by atoms with Gasteiger partial charge in [0.05, 0.1) is 5.92 Å². The van der Waals surface area contributed by atoms with Crippen LogP contribution in [-0.2, 0) is 9.59 Å². The minimum Gasteiger partial charge on any atom is -0.480 e. The van der Waals surface area contributed by atoms with E-state index in [1.807, 2.05) is 31.2 Å². The van der Waals surface area contributed by atoms with E-state index in [0.717, 1.165) is 12.0 Å². The predicted octanol–water partition coefficient (Wildman–Crippen LogP) is 2.31. The number of rotatable bonds is 3. The van der Waals surface area contributed by atoms with Crippen LogP contribution in [0.3, 0.4) is 0 Å². The van der Waals surface area contributed by atoms with Gasteiger partial charge in [0.15, 0.2) is 0 Å². The molecular weight excluding hydrogens is 332 g/mol. The second-order valence-electron chi connectivity index (χ2n) is 7.63. The standard InChI is InChI=1S/C20H26N2O4/c1-14-6-8-15(9-7-14)17(23)21-11-3-5-16(13-21)18(24)22-12-4-10-20(22,2)19(25)26/h6-9,16H,3-5,10-13H2,1-2H3,(H,25,26). The number of piperidine rings is 1. The fourth-order valence-corrected chi connectivity index (χ4v) is 4.00. The van der Waals surface area contributed by atoms with Gasteiger partial charge in [0.1, 0.15) is 5.54 Å². The van der Waals surface area contributed by atoms with E-state index in [1.165, 1.54) is 4.90 Å². The number of nitrogens with zero attached hydrogens (tertiary/aromatic N) is 2. The lowest BCUT2D eigenvalue weighted by Crippen LogP contribution is -2.55. The number of aryl methyl sites for hydroxylation is 1. The fourth-order valence-electron chi connectivity index (χ4n) is 4.00. The maximum Gasteiger partial charge on any atom is 0.329 e. The number of hydrogen-bond donors (Lipinski definition) is 1. The maximum atomic E-state index is 13.0. The lowest BCUT2D eigenvalue weighted by atomic mass is 9.93. The molecule has 0 spiro atoms. The van der Waals surface area contributed by atoms with Crippen molar-refractivity contribution in [1.82, 2.24) is 9.80 Å². The molecule has 6 nitrogen and oxygen atoms in total. The van der Waals surface area contributed by atoms with Gasteiger partial charge in [0.25, 0.3) is 5.91 Å². The third kappa shape index (κ3) is 3.32. The van der Waals surface area contributed by atoms with Crippen molar-refractivity contribution in [2.45, 2.75) is 45.1 Å². The van der Waals surface area contributed by atoms with Crippen molar-refractivity contribution < 1.29 is 19.5 Å². The molecule has 2 aliphatic rings. The highest BCUT2D eigenvalue weighted by molar-refractivity contribution is 5.95. The summed E-state index contributed by atoms with van der Waals surface area (Å²) >= 11 is 0. The first-order valence-corrected chi connectivity index (χ1v) is 9.24. The second kappa shape index (κ2) is 7.09. The van der Waals surface area contributed by atoms with Gasteiger partial charge in [-0.1, -0.05) is 17.7 Å². The van der Waals surface area contributed by atoms with Crippen molar-refractivity contribution in [3.05, 3.63) is 35.4 Å². The Morgan fingerprint density at radius 1 is 1.12 bits per heavy atom. The molecule has 0 radical (unpaired) electrons. The van der Waals surface area contributed by atoms with Crippen LogP contribution in [0.15, 0.2) is 24.3 Å². The summed E-state index contributed by atoms with van der Waals surface area (Å²) in [6.45, 7) is 5.06. The second-order valence-corrected chi connectivity index (χ2v) is 7.63. The monoisotopic (exact) mass is 358 g/mol. The van der Waals surface area contributed by atoms with Gasteiger partial charge in [-0.3, -0.25) is 9.59 Å². The van der Waals surface area contributed by atoms with E-state index in [1.54, 1.807) is 11.8 Å². The average Bonchev–Trinajstić information content (AvgIpc) is 3.04. The summed E-state index contributed by atoms with van der Waals surface area (Å²) < 4.78 is 0. The van der Waals surface area contributed by atoms with Crippen molar-refractivity contribution in [2.75, 3.05) is 19.6 Å². The molecule has 2 fully saturated rings. The molecule has 140 valence electrons. The summed E-state index contributed by atoms with van der Waals surface area (Å²) in [6.07, 6.45) is 2.63. The van der Waals surface area contributed by atoms with Gasteiger partial charge in [-0.2, -0.15) is 0 Å². The summed E-state index contributed by atoms with van der Waals surface area (Å²) in [5.41, 5.74) is 0.593. The van der Waals surface area contributed by atoms with E-state index in [9.17, 15) is 19.5 Å². The van der Waals surface area contributed by atoms with E-state index in [0.29, 0.717) is 44.5 Å². The Kier molecular flexibility index (Phi) is 5.03. The lowest BCUT2D eigenvalue weighted by molar-refractivity contribution is -0.157. The van der Waals surface area contributed by atoms with Gasteiger partial charge < -0.3 is 14.9 Å². The molecule has 2 unspecified atom stereocenters. The number of likely N-dealkylation sites (tertiary alicyclic amines) is 2. The van der Waals surface area contributed by atoms with Crippen LogP contribution in [0, 0.1) is 12.8 Å². The van der Waals surface area contributed by atoms with E-state index in [-0.39, 0.29) is 17.7 Å². The summed E-state index contributed by atoms with van der Waals surface area (Å²) in [5.74, 6) is -1.47. The third-order valence-electron chi connectivity index (χ3n) is 5.72. The molecular formula is C20H26N2O4. The molecule has 0 aliphatic carbocycles. The number of hydrogen-bond acceptors (Lipinski definition) is 3. The summed E-state index contributed by atoms with van der Waals surface area (Å²) in [4.78, 5) is 40.6. The topological polar surface area (TPSA) is 77.9 Å². The molecule has 0 bridgehead atoms. The van der Waals surface area contributed by atoms with E-state index >= 15 is 0 Å². The number of carbonyl (C=O) groups is 3. The van der Waals surface area contributed by atoms with Gasteiger partial charge in [-0.25, -0.2) is 4.79 Å². The minimum absolute atomic E-state index is 0.0649. The number of amides is 2.